The zero-order valence-corrected chi connectivity index (χ0v) is 20.9. The molecule has 3 aromatic rings. The molecule has 1 aromatic heterocycles. The Hall–Kier alpha value is -2.64. The van der Waals surface area contributed by atoms with Crippen molar-refractivity contribution >= 4 is 28.6 Å². The molecule has 6 nitrogen and oxygen atoms in total. The second-order valence-corrected chi connectivity index (χ2v) is 10.3. The zero-order valence-electron chi connectivity index (χ0n) is 20.1. The average Bonchev–Trinajstić information content (AvgIpc) is 3.33. The maximum atomic E-state index is 13.2. The number of nitrogens with one attached hydrogen (secondary N) is 1. The second-order valence-electron chi connectivity index (χ2n) is 9.38. The lowest BCUT2D eigenvalue weighted by atomic mass is 10.00. The Kier molecular flexibility index (Phi) is 8.06. The lowest BCUT2D eigenvalue weighted by molar-refractivity contribution is -0.119. The van der Waals surface area contributed by atoms with Crippen molar-refractivity contribution in [2.75, 3.05) is 12.4 Å². The molecular formula is C27H33N3O3S. The van der Waals surface area contributed by atoms with E-state index in [-0.39, 0.29) is 29.4 Å². The summed E-state index contributed by atoms with van der Waals surface area (Å²) in [5, 5.41) is 4.21. The minimum Gasteiger partial charge on any atom is -0.376 e. The van der Waals surface area contributed by atoms with E-state index in [2.05, 4.69) is 43.4 Å². The van der Waals surface area contributed by atoms with E-state index in [1.807, 2.05) is 25.1 Å². The van der Waals surface area contributed by atoms with Crippen LogP contribution in [0.2, 0.25) is 0 Å². The van der Waals surface area contributed by atoms with Crippen LogP contribution in [0.1, 0.15) is 50.8 Å². The number of aromatic nitrogens is 2. The second kappa shape index (κ2) is 11.2. The molecule has 0 radical (unpaired) electrons. The largest absolute Gasteiger partial charge is 0.376 e. The highest BCUT2D eigenvalue weighted by Gasteiger charge is 2.21. The summed E-state index contributed by atoms with van der Waals surface area (Å²) in [6, 6.07) is 15.7. The van der Waals surface area contributed by atoms with Crippen molar-refractivity contribution in [2.45, 2.75) is 63.9 Å². The van der Waals surface area contributed by atoms with E-state index in [4.69, 9.17) is 9.72 Å². The van der Waals surface area contributed by atoms with Crippen LogP contribution in [0.25, 0.3) is 10.9 Å². The summed E-state index contributed by atoms with van der Waals surface area (Å²) < 4.78 is 7.43. The zero-order chi connectivity index (χ0) is 24.1. The van der Waals surface area contributed by atoms with E-state index in [1.54, 1.807) is 10.6 Å². The molecule has 1 aliphatic rings. The standard InChI is InChI=1S/C27H33N3O3S/c1-18(2)15-20-10-12-21(13-11-20)19(3)28-25(31)17-34-27-29-24-9-5-4-8-23(24)26(32)30(27)16-22-7-6-14-33-22/h4-5,8-13,18-19,22H,6-7,14-17H2,1-3H3,(H,28,31). The number of nitrogens with zero attached hydrogens (tertiary/aromatic N) is 2. The number of amides is 1. The predicted octanol–water partition coefficient (Wildman–Crippen LogP) is 4.74. The molecule has 1 saturated heterocycles. The van der Waals surface area contributed by atoms with Gasteiger partial charge in [0, 0.05) is 6.61 Å². The van der Waals surface area contributed by atoms with Crippen LogP contribution >= 0.6 is 11.8 Å². The topological polar surface area (TPSA) is 73.2 Å². The number of carbonyl (C=O) groups is 1. The molecule has 0 saturated carbocycles. The van der Waals surface area contributed by atoms with Gasteiger partial charge in [-0.2, -0.15) is 0 Å². The average molecular weight is 480 g/mol. The smallest absolute Gasteiger partial charge is 0.262 e. The van der Waals surface area contributed by atoms with Crippen LogP contribution in [0, 0.1) is 5.92 Å². The molecule has 1 aliphatic heterocycles. The van der Waals surface area contributed by atoms with E-state index in [9.17, 15) is 9.59 Å². The number of hydrogen-bond acceptors (Lipinski definition) is 5. The van der Waals surface area contributed by atoms with Crippen molar-refractivity contribution in [2.24, 2.45) is 5.92 Å². The summed E-state index contributed by atoms with van der Waals surface area (Å²) in [6.45, 7) is 7.58. The van der Waals surface area contributed by atoms with E-state index < -0.39 is 0 Å². The third-order valence-electron chi connectivity index (χ3n) is 6.07. The van der Waals surface area contributed by atoms with Gasteiger partial charge in [0.25, 0.3) is 5.56 Å². The Morgan fingerprint density at radius 3 is 2.65 bits per heavy atom. The van der Waals surface area contributed by atoms with Crippen molar-refractivity contribution in [3.8, 4) is 0 Å². The van der Waals surface area contributed by atoms with Crippen molar-refractivity contribution < 1.29 is 9.53 Å². The summed E-state index contributed by atoms with van der Waals surface area (Å²) >= 11 is 1.30. The van der Waals surface area contributed by atoms with Crippen LogP contribution < -0.4 is 10.9 Å². The molecule has 1 fully saturated rings. The SMILES string of the molecule is CC(C)Cc1ccc(C(C)NC(=O)CSc2nc3ccccc3c(=O)n2CC2CCCO2)cc1. The quantitative estimate of drug-likeness (QED) is 0.354. The summed E-state index contributed by atoms with van der Waals surface area (Å²) in [5.74, 6) is 0.711. The normalized spacial score (nSPS) is 16.8. The first-order valence-electron chi connectivity index (χ1n) is 12.0. The minimum atomic E-state index is -0.0974. The molecule has 1 amide bonds. The van der Waals surface area contributed by atoms with E-state index in [0.29, 0.717) is 28.5 Å². The molecule has 1 N–H and O–H groups in total. The van der Waals surface area contributed by atoms with Crippen LogP contribution in [0.5, 0.6) is 0 Å². The van der Waals surface area contributed by atoms with Crippen LogP contribution in [0.4, 0.5) is 0 Å². The fraction of sp³-hybridized carbons (Fsp3) is 0.444. The van der Waals surface area contributed by atoms with Crippen LogP contribution in [0.3, 0.4) is 0 Å². The molecule has 0 aliphatic carbocycles. The number of para-hydroxylation sites is 1. The molecule has 2 heterocycles. The number of benzene rings is 2. The van der Waals surface area contributed by atoms with Gasteiger partial charge in [0.2, 0.25) is 5.91 Å². The Balaban J connectivity index is 1.44. The van der Waals surface area contributed by atoms with Crippen LogP contribution in [0.15, 0.2) is 58.5 Å². The Morgan fingerprint density at radius 1 is 1.18 bits per heavy atom. The van der Waals surface area contributed by atoms with E-state index in [0.717, 1.165) is 31.4 Å². The van der Waals surface area contributed by atoms with Gasteiger partial charge in [-0.3, -0.25) is 14.2 Å². The molecule has 34 heavy (non-hydrogen) atoms. The van der Waals surface area contributed by atoms with Gasteiger partial charge >= 0.3 is 0 Å². The van der Waals surface area contributed by atoms with Crippen molar-refractivity contribution in [1.29, 1.82) is 0 Å². The Morgan fingerprint density at radius 2 is 1.94 bits per heavy atom. The molecule has 180 valence electrons. The fourth-order valence-corrected chi connectivity index (χ4v) is 5.14. The van der Waals surface area contributed by atoms with Crippen molar-refractivity contribution in [3.63, 3.8) is 0 Å². The van der Waals surface area contributed by atoms with Crippen LogP contribution in [-0.4, -0.2) is 33.9 Å². The van der Waals surface area contributed by atoms with Crippen LogP contribution in [-0.2, 0) is 22.5 Å². The highest BCUT2D eigenvalue weighted by atomic mass is 32.2. The maximum absolute atomic E-state index is 13.2. The maximum Gasteiger partial charge on any atom is 0.262 e. The van der Waals surface area contributed by atoms with Gasteiger partial charge in [-0.15, -0.1) is 0 Å². The third kappa shape index (κ3) is 6.07. The number of ether oxygens (including phenoxy) is 1. The van der Waals surface area contributed by atoms with E-state index >= 15 is 0 Å². The van der Waals surface area contributed by atoms with E-state index in [1.165, 1.54) is 17.3 Å². The molecule has 2 unspecified atom stereocenters. The highest BCUT2D eigenvalue weighted by molar-refractivity contribution is 7.99. The first kappa shape index (κ1) is 24.5. The molecule has 2 aromatic carbocycles. The first-order valence-corrected chi connectivity index (χ1v) is 13.0. The van der Waals surface area contributed by atoms with Gasteiger partial charge < -0.3 is 10.1 Å². The summed E-state index contributed by atoms with van der Waals surface area (Å²) in [4.78, 5) is 30.6. The lowest BCUT2D eigenvalue weighted by Crippen LogP contribution is -2.30. The lowest BCUT2D eigenvalue weighted by Gasteiger charge is -2.17. The molecule has 0 bridgehead atoms. The molecular weight excluding hydrogens is 446 g/mol. The van der Waals surface area contributed by atoms with Gasteiger partial charge in [0.1, 0.15) is 0 Å². The fourth-order valence-electron chi connectivity index (χ4n) is 4.32. The summed E-state index contributed by atoms with van der Waals surface area (Å²) in [5.41, 5.74) is 2.94. The van der Waals surface area contributed by atoms with Gasteiger partial charge in [0.05, 0.1) is 35.3 Å². The third-order valence-corrected chi connectivity index (χ3v) is 7.05. The number of thioether (sulfide) groups is 1. The molecule has 0 spiro atoms. The number of fused-ring (bicyclic) bond motifs is 1. The molecule has 2 atom stereocenters. The van der Waals surface area contributed by atoms with Crippen molar-refractivity contribution in [3.05, 3.63) is 70.0 Å². The van der Waals surface area contributed by atoms with Crippen molar-refractivity contribution in [1.82, 2.24) is 14.9 Å². The summed E-state index contributed by atoms with van der Waals surface area (Å²) in [7, 11) is 0. The Labute approximate surface area is 205 Å². The highest BCUT2D eigenvalue weighted by Crippen LogP contribution is 2.22. The number of hydrogen-bond donors (Lipinski definition) is 1. The number of carbonyl (C=O) groups excluding carboxylic acids is 1. The minimum absolute atomic E-state index is 0.00697. The van der Waals surface area contributed by atoms with Gasteiger partial charge in [-0.25, -0.2) is 4.98 Å². The summed E-state index contributed by atoms with van der Waals surface area (Å²) in [6.07, 6.45) is 2.98. The number of rotatable bonds is 9. The first-order chi connectivity index (χ1) is 16.4. The van der Waals surface area contributed by atoms with Gasteiger partial charge in [-0.1, -0.05) is 62.0 Å². The monoisotopic (exact) mass is 479 g/mol. The Bertz CT molecular complexity index is 1180. The molecule has 4 rings (SSSR count). The predicted molar refractivity (Wildman–Crippen MR) is 137 cm³/mol. The van der Waals surface area contributed by atoms with Gasteiger partial charge in [-0.05, 0) is 55.4 Å². The molecule has 7 heteroatoms. The van der Waals surface area contributed by atoms with Gasteiger partial charge in [0.15, 0.2) is 5.16 Å².